The van der Waals surface area contributed by atoms with E-state index in [-0.39, 0.29) is 0 Å². The molecule has 4 heteroatoms. The van der Waals surface area contributed by atoms with Gasteiger partial charge in [0.2, 0.25) is 0 Å². The van der Waals surface area contributed by atoms with Gasteiger partial charge < -0.3 is 5.32 Å². The number of hydrogen-bond donors (Lipinski definition) is 1. The molecule has 0 aliphatic heterocycles. The molecule has 0 amide bonds. The van der Waals surface area contributed by atoms with Crippen molar-refractivity contribution < 1.29 is 0 Å². The minimum absolute atomic E-state index is 0.486. The summed E-state index contributed by atoms with van der Waals surface area (Å²) < 4.78 is 0. The Morgan fingerprint density at radius 1 is 0.950 bits per heavy atom. The third-order valence-corrected chi connectivity index (χ3v) is 3.61. The van der Waals surface area contributed by atoms with Gasteiger partial charge in [-0.1, -0.05) is 48.0 Å². The lowest BCUT2D eigenvalue weighted by molar-refractivity contribution is 1.04. The zero-order chi connectivity index (χ0) is 14.1. The number of anilines is 2. The van der Waals surface area contributed by atoms with Crippen LogP contribution < -0.4 is 5.32 Å². The first kappa shape index (κ1) is 12.9. The Labute approximate surface area is 122 Å². The SMILES string of the molecule is Cc1nc(Cl)c(C)c(Nc2cccc3ccccc23)n1. The molecule has 0 saturated heterocycles. The number of rotatable bonds is 2. The van der Waals surface area contributed by atoms with Gasteiger partial charge in [-0.25, -0.2) is 9.97 Å². The van der Waals surface area contributed by atoms with Crippen LogP contribution in [0.3, 0.4) is 0 Å². The van der Waals surface area contributed by atoms with Crippen molar-refractivity contribution in [3.8, 4) is 0 Å². The van der Waals surface area contributed by atoms with Crippen molar-refractivity contribution in [2.24, 2.45) is 0 Å². The summed E-state index contributed by atoms with van der Waals surface area (Å²) >= 11 is 6.11. The van der Waals surface area contributed by atoms with E-state index in [9.17, 15) is 0 Å². The van der Waals surface area contributed by atoms with Gasteiger partial charge in [0.1, 0.15) is 16.8 Å². The summed E-state index contributed by atoms with van der Waals surface area (Å²) in [5.41, 5.74) is 1.87. The molecule has 1 N–H and O–H groups in total. The van der Waals surface area contributed by atoms with E-state index in [1.165, 1.54) is 5.39 Å². The molecule has 3 rings (SSSR count). The van der Waals surface area contributed by atoms with Crippen molar-refractivity contribution in [1.29, 1.82) is 0 Å². The fourth-order valence-corrected chi connectivity index (χ4v) is 2.39. The van der Waals surface area contributed by atoms with Gasteiger partial charge in [0.05, 0.1) is 0 Å². The van der Waals surface area contributed by atoms with Crippen LogP contribution in [0.15, 0.2) is 42.5 Å². The lowest BCUT2D eigenvalue weighted by Gasteiger charge is -2.12. The number of aryl methyl sites for hydroxylation is 1. The number of nitrogens with zero attached hydrogens (tertiary/aromatic N) is 2. The fourth-order valence-electron chi connectivity index (χ4n) is 2.18. The highest BCUT2D eigenvalue weighted by molar-refractivity contribution is 6.30. The predicted molar refractivity (Wildman–Crippen MR) is 83.7 cm³/mol. The summed E-state index contributed by atoms with van der Waals surface area (Å²) in [6.45, 7) is 3.74. The molecule has 0 bridgehead atoms. The van der Waals surface area contributed by atoms with E-state index in [2.05, 4.69) is 33.5 Å². The third kappa shape index (κ3) is 2.32. The smallest absolute Gasteiger partial charge is 0.138 e. The van der Waals surface area contributed by atoms with Gasteiger partial charge in [0.25, 0.3) is 0 Å². The number of hydrogen-bond acceptors (Lipinski definition) is 3. The van der Waals surface area contributed by atoms with Gasteiger partial charge in [0, 0.05) is 16.6 Å². The molecule has 0 radical (unpaired) electrons. The monoisotopic (exact) mass is 283 g/mol. The number of aromatic nitrogens is 2. The van der Waals surface area contributed by atoms with E-state index >= 15 is 0 Å². The van der Waals surface area contributed by atoms with E-state index in [1.54, 1.807) is 0 Å². The Balaban J connectivity index is 2.10. The molecule has 0 aliphatic carbocycles. The molecule has 1 aromatic heterocycles. The van der Waals surface area contributed by atoms with E-state index in [0.717, 1.165) is 22.5 Å². The molecule has 0 atom stereocenters. The zero-order valence-corrected chi connectivity index (χ0v) is 12.1. The highest BCUT2D eigenvalue weighted by Gasteiger charge is 2.09. The van der Waals surface area contributed by atoms with Crippen molar-refractivity contribution in [1.82, 2.24) is 9.97 Å². The Kier molecular flexibility index (Phi) is 3.28. The van der Waals surface area contributed by atoms with Crippen LogP contribution in [0.4, 0.5) is 11.5 Å². The van der Waals surface area contributed by atoms with Crippen LogP contribution in [0.1, 0.15) is 11.4 Å². The van der Waals surface area contributed by atoms with Crippen LogP contribution in [-0.2, 0) is 0 Å². The Morgan fingerprint density at radius 3 is 2.55 bits per heavy atom. The highest BCUT2D eigenvalue weighted by Crippen LogP contribution is 2.28. The molecule has 2 aromatic carbocycles. The highest BCUT2D eigenvalue weighted by atomic mass is 35.5. The summed E-state index contributed by atoms with van der Waals surface area (Å²) in [5, 5.41) is 6.19. The van der Waals surface area contributed by atoms with E-state index in [1.807, 2.05) is 38.1 Å². The maximum Gasteiger partial charge on any atom is 0.138 e. The molecular formula is C16H14ClN3. The third-order valence-electron chi connectivity index (χ3n) is 3.24. The number of benzene rings is 2. The summed E-state index contributed by atoms with van der Waals surface area (Å²) in [7, 11) is 0. The first-order valence-corrected chi connectivity index (χ1v) is 6.78. The van der Waals surface area contributed by atoms with Gasteiger partial charge in [-0.3, -0.25) is 0 Å². The Morgan fingerprint density at radius 2 is 1.70 bits per heavy atom. The maximum absolute atomic E-state index is 6.11. The molecule has 3 nitrogen and oxygen atoms in total. The first-order chi connectivity index (χ1) is 9.65. The average Bonchev–Trinajstić information content (AvgIpc) is 2.44. The van der Waals surface area contributed by atoms with Gasteiger partial charge in [-0.15, -0.1) is 0 Å². The quantitative estimate of drug-likeness (QED) is 0.696. The average molecular weight is 284 g/mol. The van der Waals surface area contributed by atoms with Crippen LogP contribution >= 0.6 is 11.6 Å². The van der Waals surface area contributed by atoms with Crippen LogP contribution in [0.25, 0.3) is 10.8 Å². The van der Waals surface area contributed by atoms with Gasteiger partial charge in [-0.2, -0.15) is 0 Å². The number of nitrogens with one attached hydrogen (secondary N) is 1. The second kappa shape index (κ2) is 5.10. The van der Waals surface area contributed by atoms with Gasteiger partial charge >= 0.3 is 0 Å². The van der Waals surface area contributed by atoms with E-state index < -0.39 is 0 Å². The second-order valence-corrected chi connectivity index (χ2v) is 5.04. The van der Waals surface area contributed by atoms with Crippen molar-refractivity contribution in [3.63, 3.8) is 0 Å². The topological polar surface area (TPSA) is 37.8 Å². The summed E-state index contributed by atoms with van der Waals surface area (Å²) in [6.07, 6.45) is 0. The lowest BCUT2D eigenvalue weighted by atomic mass is 10.1. The summed E-state index contributed by atoms with van der Waals surface area (Å²) in [6, 6.07) is 14.4. The standard InChI is InChI=1S/C16H14ClN3/c1-10-15(17)18-11(2)19-16(10)20-14-9-5-7-12-6-3-4-8-13(12)14/h3-9H,1-2H3,(H,18,19,20). The van der Waals surface area contributed by atoms with Crippen molar-refractivity contribution in [2.45, 2.75) is 13.8 Å². The first-order valence-electron chi connectivity index (χ1n) is 6.40. The number of fused-ring (bicyclic) bond motifs is 1. The Hall–Kier alpha value is -2.13. The Bertz CT molecular complexity index is 779. The molecule has 0 fully saturated rings. The molecular weight excluding hydrogens is 270 g/mol. The summed E-state index contributed by atoms with van der Waals surface area (Å²) in [4.78, 5) is 8.58. The minimum Gasteiger partial charge on any atom is -0.339 e. The van der Waals surface area contributed by atoms with E-state index in [0.29, 0.717) is 11.0 Å². The molecule has 3 aromatic rings. The van der Waals surface area contributed by atoms with Crippen LogP contribution in [0, 0.1) is 13.8 Å². The molecule has 0 aliphatic rings. The van der Waals surface area contributed by atoms with Gasteiger partial charge in [0.15, 0.2) is 0 Å². The van der Waals surface area contributed by atoms with Gasteiger partial charge in [-0.05, 0) is 25.3 Å². The van der Waals surface area contributed by atoms with Crippen molar-refractivity contribution in [3.05, 3.63) is 59.0 Å². The largest absolute Gasteiger partial charge is 0.339 e. The van der Waals surface area contributed by atoms with E-state index in [4.69, 9.17) is 11.6 Å². The fraction of sp³-hybridized carbons (Fsp3) is 0.125. The summed E-state index contributed by atoms with van der Waals surface area (Å²) in [5.74, 6) is 1.40. The minimum atomic E-state index is 0.486. The van der Waals surface area contributed by atoms with Crippen LogP contribution in [-0.4, -0.2) is 9.97 Å². The van der Waals surface area contributed by atoms with Crippen molar-refractivity contribution in [2.75, 3.05) is 5.32 Å². The second-order valence-electron chi connectivity index (χ2n) is 4.69. The van der Waals surface area contributed by atoms with Crippen molar-refractivity contribution >= 4 is 33.9 Å². The number of halogens is 1. The molecule has 0 spiro atoms. The zero-order valence-electron chi connectivity index (χ0n) is 11.3. The van der Waals surface area contributed by atoms with Crippen LogP contribution in [0.2, 0.25) is 5.15 Å². The van der Waals surface area contributed by atoms with Crippen LogP contribution in [0.5, 0.6) is 0 Å². The predicted octanol–water partition coefficient (Wildman–Crippen LogP) is 4.64. The molecule has 1 heterocycles. The maximum atomic E-state index is 6.11. The molecule has 20 heavy (non-hydrogen) atoms. The molecule has 0 unspecified atom stereocenters. The molecule has 0 saturated carbocycles. The normalized spacial score (nSPS) is 10.8. The lowest BCUT2D eigenvalue weighted by Crippen LogP contribution is -2.01. The molecule has 100 valence electrons.